The fourth-order valence-electron chi connectivity index (χ4n) is 1.46. The van der Waals surface area contributed by atoms with E-state index in [4.69, 9.17) is 0 Å². The van der Waals surface area contributed by atoms with Crippen LogP contribution in [-0.4, -0.2) is 8.52 Å². The fraction of sp³-hybridized carbons (Fsp3) is 0.273. The first kappa shape index (κ1) is 10.9. The molecule has 0 N–H and O–H groups in total. The Balaban J connectivity index is 2.38. The third-order valence-electron chi connectivity index (χ3n) is 2.40. The Labute approximate surface area is 96.5 Å². The molecule has 0 saturated heterocycles. The van der Waals surface area contributed by atoms with Crippen molar-refractivity contribution in [2.45, 2.75) is 13.5 Å². The number of benzene rings is 1. The molecule has 0 aliphatic rings. The molecule has 0 aliphatic heterocycles. The molecular weight excluding hydrogens is 224 g/mol. The van der Waals surface area contributed by atoms with Crippen LogP contribution in [0.1, 0.15) is 11.1 Å². The van der Waals surface area contributed by atoms with E-state index in [2.05, 4.69) is 0 Å². The van der Waals surface area contributed by atoms with Crippen molar-refractivity contribution < 1.29 is 0 Å². The Kier molecular flexibility index (Phi) is 2.78. The third kappa shape index (κ3) is 1.99. The first-order chi connectivity index (χ1) is 7.58. The highest BCUT2D eigenvalue weighted by Crippen LogP contribution is 2.03. The zero-order valence-corrected chi connectivity index (χ0v) is 9.95. The van der Waals surface area contributed by atoms with Gasteiger partial charge in [-0.25, -0.2) is 13.3 Å². The number of hydrogen-bond acceptors (Lipinski definition) is 3. The quantitative estimate of drug-likeness (QED) is 0.779. The average molecular weight is 236 g/mol. The van der Waals surface area contributed by atoms with Crippen molar-refractivity contribution >= 4 is 11.5 Å². The molecule has 5 heteroatoms. The normalized spacial score (nSPS) is 10.6. The van der Waals surface area contributed by atoms with E-state index in [0.29, 0.717) is 6.54 Å². The number of hydrogen-bond donors (Lipinski definition) is 0. The van der Waals surface area contributed by atoms with Crippen molar-refractivity contribution in [2.75, 3.05) is 0 Å². The summed E-state index contributed by atoms with van der Waals surface area (Å²) in [6.45, 7) is 2.34. The van der Waals surface area contributed by atoms with E-state index in [1.165, 1.54) is 8.52 Å². The van der Waals surface area contributed by atoms with Gasteiger partial charge in [-0.3, -0.25) is 4.79 Å². The van der Waals surface area contributed by atoms with Gasteiger partial charge in [-0.2, -0.15) is 0 Å². The van der Waals surface area contributed by atoms with Crippen molar-refractivity contribution in [1.82, 2.24) is 8.52 Å². The predicted molar refractivity (Wildman–Crippen MR) is 64.1 cm³/mol. The van der Waals surface area contributed by atoms with E-state index in [0.717, 1.165) is 22.7 Å². The van der Waals surface area contributed by atoms with E-state index in [-0.39, 0.29) is 10.6 Å². The number of aryl methyl sites for hydroxylation is 2. The zero-order chi connectivity index (χ0) is 11.7. The van der Waals surface area contributed by atoms with Crippen molar-refractivity contribution in [1.29, 1.82) is 0 Å². The van der Waals surface area contributed by atoms with E-state index >= 15 is 0 Å². The lowest BCUT2D eigenvalue weighted by atomic mass is 10.1. The third-order valence-corrected chi connectivity index (χ3v) is 3.20. The molecule has 0 unspecified atom stereocenters. The van der Waals surface area contributed by atoms with Crippen LogP contribution < -0.4 is 10.6 Å². The zero-order valence-electron chi connectivity index (χ0n) is 9.14. The molecule has 0 aliphatic carbocycles. The van der Waals surface area contributed by atoms with Gasteiger partial charge < -0.3 is 0 Å². The minimum Gasteiger partial charge on any atom is -0.255 e. The second kappa shape index (κ2) is 4.09. The van der Waals surface area contributed by atoms with Crippen LogP contribution in [0.15, 0.2) is 33.9 Å². The molecule has 0 spiro atoms. The molecule has 0 bridgehead atoms. The predicted octanol–water partition coefficient (Wildman–Crippen LogP) is 0.965. The first-order valence-corrected chi connectivity index (χ1v) is 5.68. The van der Waals surface area contributed by atoms with Gasteiger partial charge in [0, 0.05) is 18.6 Å². The molecule has 0 amide bonds. The van der Waals surface area contributed by atoms with Crippen molar-refractivity contribution in [3.8, 4) is 0 Å². The summed E-state index contributed by atoms with van der Waals surface area (Å²) in [4.78, 5) is 22.9. The fourth-order valence-corrected chi connectivity index (χ4v) is 2.11. The standard InChI is InChI=1S/C11H12N2O2S/c1-8-3-5-9(6-4-8)7-13-10(14)12(2)16-11(13)15/h3-6H,7H2,1-2H3. The maximum absolute atomic E-state index is 11.6. The summed E-state index contributed by atoms with van der Waals surface area (Å²) in [6.07, 6.45) is 0. The van der Waals surface area contributed by atoms with Gasteiger partial charge in [0.25, 0.3) is 0 Å². The summed E-state index contributed by atoms with van der Waals surface area (Å²) < 4.78 is 2.59. The van der Waals surface area contributed by atoms with Crippen LogP contribution in [0.3, 0.4) is 0 Å². The molecule has 0 atom stereocenters. The first-order valence-electron chi connectivity index (χ1n) is 4.90. The minimum absolute atomic E-state index is 0.215. The van der Waals surface area contributed by atoms with Crippen molar-refractivity contribution in [2.24, 2.45) is 7.05 Å². The molecule has 1 aromatic carbocycles. The Morgan fingerprint density at radius 3 is 2.31 bits per heavy atom. The van der Waals surface area contributed by atoms with E-state index in [1.807, 2.05) is 31.2 Å². The van der Waals surface area contributed by atoms with Crippen LogP contribution in [0.2, 0.25) is 0 Å². The molecule has 1 heterocycles. The van der Waals surface area contributed by atoms with Gasteiger partial charge >= 0.3 is 10.6 Å². The second-order valence-corrected chi connectivity index (χ2v) is 4.79. The van der Waals surface area contributed by atoms with Gasteiger partial charge in [-0.1, -0.05) is 29.8 Å². The average Bonchev–Trinajstić information content (AvgIpc) is 2.48. The molecular formula is C11H12N2O2S. The highest BCUT2D eigenvalue weighted by Gasteiger charge is 2.07. The SMILES string of the molecule is Cc1ccc(Cn2c(=O)sn(C)c2=O)cc1. The van der Waals surface area contributed by atoms with Gasteiger partial charge in [0.1, 0.15) is 0 Å². The van der Waals surface area contributed by atoms with Crippen LogP contribution in [0, 0.1) is 6.92 Å². The summed E-state index contributed by atoms with van der Waals surface area (Å²) in [5.74, 6) is 0. The lowest BCUT2D eigenvalue weighted by molar-refractivity contribution is 0.706. The molecule has 0 radical (unpaired) electrons. The van der Waals surface area contributed by atoms with E-state index < -0.39 is 0 Å². The second-order valence-electron chi connectivity index (χ2n) is 3.71. The lowest BCUT2D eigenvalue weighted by Gasteiger charge is -2.00. The van der Waals surface area contributed by atoms with Crippen LogP contribution in [-0.2, 0) is 13.6 Å². The molecule has 0 fully saturated rings. The molecule has 0 saturated carbocycles. The van der Waals surface area contributed by atoms with E-state index in [1.54, 1.807) is 7.05 Å². The maximum Gasteiger partial charge on any atom is 0.341 e. The van der Waals surface area contributed by atoms with E-state index in [9.17, 15) is 9.59 Å². The monoisotopic (exact) mass is 236 g/mol. The largest absolute Gasteiger partial charge is 0.341 e. The number of rotatable bonds is 2. The Morgan fingerprint density at radius 1 is 1.19 bits per heavy atom. The summed E-state index contributed by atoms with van der Waals surface area (Å²) in [5.41, 5.74) is 1.87. The van der Waals surface area contributed by atoms with Crippen molar-refractivity contribution in [3.05, 3.63) is 55.5 Å². The van der Waals surface area contributed by atoms with Gasteiger partial charge in [0.15, 0.2) is 0 Å². The molecule has 16 heavy (non-hydrogen) atoms. The van der Waals surface area contributed by atoms with Crippen LogP contribution in [0.25, 0.3) is 0 Å². The summed E-state index contributed by atoms with van der Waals surface area (Å²) in [6, 6.07) is 7.80. The van der Waals surface area contributed by atoms with Gasteiger partial charge in [0.2, 0.25) is 0 Å². The van der Waals surface area contributed by atoms with Gasteiger partial charge in [0.05, 0.1) is 6.54 Å². The highest BCUT2D eigenvalue weighted by molar-refractivity contribution is 7.03. The smallest absolute Gasteiger partial charge is 0.255 e. The van der Waals surface area contributed by atoms with Gasteiger partial charge in [-0.05, 0) is 12.5 Å². The summed E-state index contributed by atoms with van der Waals surface area (Å²) in [5, 5.41) is 0. The molecule has 1 aromatic heterocycles. The van der Waals surface area contributed by atoms with Gasteiger partial charge in [-0.15, -0.1) is 0 Å². The minimum atomic E-state index is -0.254. The molecule has 2 rings (SSSR count). The highest BCUT2D eigenvalue weighted by atomic mass is 32.1. The number of nitrogens with zero attached hydrogens (tertiary/aromatic N) is 2. The summed E-state index contributed by atoms with van der Waals surface area (Å²) in [7, 11) is 1.60. The molecule has 2 aromatic rings. The molecule has 84 valence electrons. The topological polar surface area (TPSA) is 44.0 Å². The maximum atomic E-state index is 11.6. The Bertz CT molecular complexity index is 604. The molecule has 4 nitrogen and oxygen atoms in total. The van der Waals surface area contributed by atoms with Crippen LogP contribution in [0.5, 0.6) is 0 Å². The van der Waals surface area contributed by atoms with Crippen LogP contribution >= 0.6 is 11.5 Å². The Hall–Kier alpha value is -1.62. The Morgan fingerprint density at radius 2 is 1.81 bits per heavy atom. The van der Waals surface area contributed by atoms with Crippen LogP contribution in [0.4, 0.5) is 0 Å². The lowest BCUT2D eigenvalue weighted by Crippen LogP contribution is -2.28. The van der Waals surface area contributed by atoms with Crippen molar-refractivity contribution in [3.63, 3.8) is 0 Å². The summed E-state index contributed by atoms with van der Waals surface area (Å²) >= 11 is 0.930. The number of aromatic nitrogens is 2.